The van der Waals surface area contributed by atoms with Gasteiger partial charge in [0.05, 0.1) is 0 Å². The quantitative estimate of drug-likeness (QED) is 0.604. The lowest BCUT2D eigenvalue weighted by Crippen LogP contribution is -2.25. The molecule has 0 unspecified atom stereocenters. The van der Waals surface area contributed by atoms with Gasteiger partial charge in [0.1, 0.15) is 0 Å². The highest BCUT2D eigenvalue weighted by Gasteiger charge is 2.21. The van der Waals surface area contributed by atoms with Crippen molar-refractivity contribution in [1.82, 2.24) is 10.3 Å². The van der Waals surface area contributed by atoms with Crippen LogP contribution in [-0.2, 0) is 6.54 Å². The van der Waals surface area contributed by atoms with Crippen LogP contribution in [0.15, 0.2) is 88.2 Å². The number of carbonyl (C=O) groups is 1. The lowest BCUT2D eigenvalue weighted by molar-refractivity contribution is 0.0920. The average molecular weight is 356 g/mol. The molecule has 4 aromatic rings. The summed E-state index contributed by atoms with van der Waals surface area (Å²) in [6.45, 7) is 0.336. The summed E-state index contributed by atoms with van der Waals surface area (Å²) in [6, 6.07) is 22.4. The van der Waals surface area contributed by atoms with E-state index in [1.165, 1.54) is 6.20 Å². The van der Waals surface area contributed by atoms with E-state index in [9.17, 15) is 9.59 Å². The Morgan fingerprint density at radius 1 is 0.926 bits per heavy atom. The molecule has 0 radical (unpaired) electrons. The molecule has 0 fully saturated rings. The number of hydrogen-bond acceptors (Lipinski definition) is 4. The summed E-state index contributed by atoms with van der Waals surface area (Å²) in [5, 5.41) is 3.41. The molecule has 1 N–H and O–H groups in total. The Labute approximate surface area is 155 Å². The van der Waals surface area contributed by atoms with Gasteiger partial charge in [-0.2, -0.15) is 0 Å². The van der Waals surface area contributed by atoms with Crippen LogP contribution in [-0.4, -0.2) is 10.9 Å². The monoisotopic (exact) mass is 356 g/mol. The molecule has 5 nitrogen and oxygen atoms in total. The fraction of sp³-hybridized carbons (Fsp3) is 0.0455. The molecule has 4 rings (SSSR count). The predicted molar refractivity (Wildman–Crippen MR) is 103 cm³/mol. The van der Waals surface area contributed by atoms with Gasteiger partial charge in [-0.1, -0.05) is 66.7 Å². The first-order valence-corrected chi connectivity index (χ1v) is 8.53. The molecule has 0 bridgehead atoms. The highest BCUT2D eigenvalue weighted by molar-refractivity contribution is 6.06. The van der Waals surface area contributed by atoms with Gasteiger partial charge in [-0.25, -0.2) is 9.78 Å². The van der Waals surface area contributed by atoms with Gasteiger partial charge in [0.25, 0.3) is 5.91 Å². The van der Waals surface area contributed by atoms with Gasteiger partial charge in [0.2, 0.25) is 5.76 Å². The van der Waals surface area contributed by atoms with Crippen molar-refractivity contribution in [2.24, 2.45) is 0 Å². The molecule has 2 aromatic heterocycles. The van der Waals surface area contributed by atoms with Crippen LogP contribution in [0.25, 0.3) is 22.0 Å². The molecular formula is C22H16N2O3. The van der Waals surface area contributed by atoms with Crippen molar-refractivity contribution in [2.45, 2.75) is 6.54 Å². The molecule has 0 saturated carbocycles. The van der Waals surface area contributed by atoms with E-state index in [1.54, 1.807) is 12.1 Å². The number of nitrogens with one attached hydrogen (secondary N) is 1. The molecule has 0 spiro atoms. The minimum absolute atomic E-state index is 0.0115. The Balaban J connectivity index is 1.82. The van der Waals surface area contributed by atoms with E-state index >= 15 is 0 Å². The number of nitrogens with zero attached hydrogens (tertiary/aromatic N) is 1. The highest BCUT2D eigenvalue weighted by Crippen LogP contribution is 2.29. The Kier molecular flexibility index (Phi) is 4.49. The third-order valence-corrected chi connectivity index (χ3v) is 4.26. The zero-order valence-corrected chi connectivity index (χ0v) is 14.4. The van der Waals surface area contributed by atoms with Gasteiger partial charge in [-0.05, 0) is 17.2 Å². The van der Waals surface area contributed by atoms with E-state index in [0.717, 1.165) is 11.1 Å². The number of fused-ring (bicyclic) bond motifs is 1. The Morgan fingerprint density at radius 2 is 1.63 bits per heavy atom. The van der Waals surface area contributed by atoms with Gasteiger partial charge in [-0.3, -0.25) is 4.79 Å². The largest absolute Gasteiger partial charge is 0.415 e. The lowest BCUT2D eigenvalue weighted by atomic mass is 10.00. The number of rotatable bonds is 4. The van der Waals surface area contributed by atoms with E-state index in [2.05, 4.69) is 10.3 Å². The molecule has 132 valence electrons. The molecule has 2 aromatic carbocycles. The summed E-state index contributed by atoms with van der Waals surface area (Å²) in [7, 11) is 0. The molecule has 5 heteroatoms. The van der Waals surface area contributed by atoms with Gasteiger partial charge in [0, 0.05) is 23.7 Å². The van der Waals surface area contributed by atoms with E-state index in [1.807, 2.05) is 60.7 Å². The van der Waals surface area contributed by atoms with Crippen LogP contribution in [0.5, 0.6) is 0 Å². The summed E-state index contributed by atoms with van der Waals surface area (Å²) >= 11 is 0. The number of carbonyl (C=O) groups excluding carboxylic acids is 1. The average Bonchev–Trinajstić information content (AvgIpc) is 2.73. The molecule has 0 aliphatic heterocycles. The minimum atomic E-state index is -0.629. The van der Waals surface area contributed by atoms with E-state index < -0.39 is 11.5 Å². The minimum Gasteiger partial charge on any atom is -0.415 e. The number of hydrogen-bond donors (Lipinski definition) is 1. The topological polar surface area (TPSA) is 72.2 Å². The summed E-state index contributed by atoms with van der Waals surface area (Å²) in [6.07, 6.45) is 1.53. The van der Waals surface area contributed by atoms with Crippen LogP contribution in [0.4, 0.5) is 0 Å². The van der Waals surface area contributed by atoms with Crippen molar-refractivity contribution < 1.29 is 9.21 Å². The van der Waals surface area contributed by atoms with E-state index in [-0.39, 0.29) is 11.3 Å². The maximum atomic E-state index is 12.8. The van der Waals surface area contributed by atoms with Crippen molar-refractivity contribution in [3.8, 4) is 11.1 Å². The van der Waals surface area contributed by atoms with Crippen molar-refractivity contribution in [3.05, 3.63) is 101 Å². The number of amides is 1. The maximum Gasteiger partial charge on any atom is 0.363 e. The SMILES string of the molecule is O=C(NCc1ccccc1)c1oc(=O)c2ncccc2c1-c1ccccc1. The second-order valence-corrected chi connectivity index (χ2v) is 6.03. The normalized spacial score (nSPS) is 10.7. The van der Waals surface area contributed by atoms with Crippen molar-refractivity contribution in [3.63, 3.8) is 0 Å². The summed E-state index contributed by atoms with van der Waals surface area (Å²) in [5.41, 5.74) is 1.87. The fourth-order valence-electron chi connectivity index (χ4n) is 2.99. The van der Waals surface area contributed by atoms with Crippen molar-refractivity contribution in [2.75, 3.05) is 0 Å². The zero-order valence-electron chi connectivity index (χ0n) is 14.4. The van der Waals surface area contributed by atoms with Crippen LogP contribution < -0.4 is 10.9 Å². The van der Waals surface area contributed by atoms with E-state index in [0.29, 0.717) is 17.5 Å². The van der Waals surface area contributed by atoms with Gasteiger partial charge in [0.15, 0.2) is 5.52 Å². The van der Waals surface area contributed by atoms with Crippen LogP contribution in [0.1, 0.15) is 16.1 Å². The first-order valence-electron chi connectivity index (χ1n) is 8.53. The van der Waals surface area contributed by atoms with Gasteiger partial charge >= 0.3 is 5.63 Å². The van der Waals surface area contributed by atoms with Crippen molar-refractivity contribution in [1.29, 1.82) is 0 Å². The van der Waals surface area contributed by atoms with Crippen LogP contribution in [0.2, 0.25) is 0 Å². The second-order valence-electron chi connectivity index (χ2n) is 6.03. The number of aromatic nitrogens is 1. The Hall–Kier alpha value is -3.73. The Bertz CT molecular complexity index is 1150. The molecule has 0 aliphatic carbocycles. The summed E-state index contributed by atoms with van der Waals surface area (Å²) in [4.78, 5) is 29.3. The molecule has 0 atom stereocenters. The number of pyridine rings is 1. The van der Waals surface area contributed by atoms with Crippen molar-refractivity contribution >= 4 is 16.8 Å². The first-order chi connectivity index (χ1) is 13.2. The molecule has 0 saturated heterocycles. The predicted octanol–water partition coefficient (Wildman–Crippen LogP) is 3.79. The highest BCUT2D eigenvalue weighted by atomic mass is 16.4. The second kappa shape index (κ2) is 7.25. The van der Waals surface area contributed by atoms with E-state index in [4.69, 9.17) is 4.42 Å². The van der Waals surface area contributed by atoms with Gasteiger partial charge < -0.3 is 9.73 Å². The maximum absolute atomic E-state index is 12.8. The molecular weight excluding hydrogens is 340 g/mol. The van der Waals surface area contributed by atoms with Crippen LogP contribution in [0.3, 0.4) is 0 Å². The summed E-state index contributed by atoms with van der Waals surface area (Å²) < 4.78 is 5.40. The third kappa shape index (κ3) is 3.35. The summed E-state index contributed by atoms with van der Waals surface area (Å²) in [5.74, 6) is -0.455. The third-order valence-electron chi connectivity index (χ3n) is 4.26. The first kappa shape index (κ1) is 16.7. The van der Waals surface area contributed by atoms with Crippen LogP contribution >= 0.6 is 0 Å². The molecule has 27 heavy (non-hydrogen) atoms. The smallest absolute Gasteiger partial charge is 0.363 e. The standard InChI is InChI=1S/C22H16N2O3/c25-21(24-14-15-8-3-1-4-9-15)20-18(16-10-5-2-6-11-16)17-12-7-13-23-19(17)22(26)27-20/h1-13H,14H2,(H,24,25). The molecule has 2 heterocycles. The van der Waals surface area contributed by atoms with Crippen LogP contribution in [0, 0.1) is 0 Å². The fourth-order valence-corrected chi connectivity index (χ4v) is 2.99. The molecule has 1 amide bonds. The molecule has 0 aliphatic rings. The number of benzene rings is 2. The Morgan fingerprint density at radius 3 is 2.37 bits per heavy atom. The lowest BCUT2D eigenvalue weighted by Gasteiger charge is -2.11. The zero-order chi connectivity index (χ0) is 18.6. The van der Waals surface area contributed by atoms with Gasteiger partial charge in [-0.15, -0.1) is 0 Å².